The number of unbranched alkanes of at least 4 members (excludes halogenated alkanes) is 1. The number of hydrogen-bond acceptors (Lipinski definition) is 6. The van der Waals surface area contributed by atoms with Crippen molar-refractivity contribution in [3.8, 4) is 0 Å². The average molecular weight is 510 g/mol. The molecule has 3 aromatic rings. The van der Waals surface area contributed by atoms with E-state index in [-0.39, 0.29) is 24.2 Å². The van der Waals surface area contributed by atoms with Gasteiger partial charge in [0, 0.05) is 6.54 Å². The summed E-state index contributed by atoms with van der Waals surface area (Å²) in [4.78, 5) is 42.7. The van der Waals surface area contributed by atoms with Gasteiger partial charge in [0.1, 0.15) is 6.61 Å². The smallest absolute Gasteiger partial charge is 0.407 e. The molecule has 0 unspecified atom stereocenters. The molecule has 0 radical (unpaired) electrons. The fourth-order valence-electron chi connectivity index (χ4n) is 4.31. The molecule has 0 saturated carbocycles. The minimum Gasteiger partial charge on any atom is -0.445 e. The number of piperidine rings is 1. The van der Waals surface area contributed by atoms with Crippen molar-refractivity contribution in [1.29, 1.82) is 0 Å². The molecule has 1 saturated heterocycles. The SMILES string of the molecule is O=C(NCCCC[C@H](NC(=O)[C@@H]1CCC[NH2+]C1)C(=O)c1nc2ccccc2s1)OCc1ccccc1. The lowest BCUT2D eigenvalue weighted by molar-refractivity contribution is -0.666. The van der Waals surface area contributed by atoms with Crippen LogP contribution >= 0.6 is 11.3 Å². The molecule has 2 atom stereocenters. The number of carbonyl (C=O) groups excluding carboxylic acids is 3. The number of Topliss-reactive ketones (excluding diaryl/α,β-unsaturated/α-hetero) is 1. The normalized spacial score (nSPS) is 16.3. The molecule has 1 fully saturated rings. The molecule has 0 bridgehead atoms. The van der Waals surface area contributed by atoms with E-state index in [1.165, 1.54) is 11.3 Å². The van der Waals surface area contributed by atoms with Gasteiger partial charge < -0.3 is 20.7 Å². The first-order valence-electron chi connectivity index (χ1n) is 12.6. The molecule has 1 aromatic heterocycles. The fraction of sp³-hybridized carbons (Fsp3) is 0.407. The number of carbonyl (C=O) groups is 3. The molecular formula is C27H33N4O4S+. The second-order valence-corrected chi connectivity index (χ2v) is 10.1. The van der Waals surface area contributed by atoms with E-state index in [0.717, 1.165) is 41.7 Å². The molecule has 2 amide bonds. The predicted molar refractivity (Wildman–Crippen MR) is 139 cm³/mol. The first-order chi connectivity index (χ1) is 17.6. The van der Waals surface area contributed by atoms with Crippen LogP contribution in [0.15, 0.2) is 54.6 Å². The largest absolute Gasteiger partial charge is 0.445 e. The van der Waals surface area contributed by atoms with E-state index in [2.05, 4.69) is 20.9 Å². The number of benzene rings is 2. The van der Waals surface area contributed by atoms with Crippen LogP contribution in [0.3, 0.4) is 0 Å². The third kappa shape index (κ3) is 7.35. The average Bonchev–Trinajstić information content (AvgIpc) is 3.36. The van der Waals surface area contributed by atoms with Gasteiger partial charge in [-0.1, -0.05) is 42.5 Å². The van der Waals surface area contributed by atoms with Crippen LogP contribution in [0.5, 0.6) is 0 Å². The van der Waals surface area contributed by atoms with Gasteiger partial charge in [0.05, 0.1) is 35.3 Å². The van der Waals surface area contributed by atoms with E-state index in [0.29, 0.717) is 30.8 Å². The van der Waals surface area contributed by atoms with Gasteiger partial charge in [0.15, 0.2) is 5.01 Å². The molecule has 2 heterocycles. The molecule has 190 valence electrons. The van der Waals surface area contributed by atoms with E-state index < -0.39 is 12.1 Å². The summed E-state index contributed by atoms with van der Waals surface area (Å²) in [7, 11) is 0. The van der Waals surface area contributed by atoms with Crippen LogP contribution in [0, 0.1) is 5.92 Å². The van der Waals surface area contributed by atoms with Crippen LogP contribution in [0.1, 0.15) is 47.5 Å². The summed E-state index contributed by atoms with van der Waals surface area (Å²) < 4.78 is 6.18. The third-order valence-electron chi connectivity index (χ3n) is 6.32. The van der Waals surface area contributed by atoms with Crippen LogP contribution < -0.4 is 16.0 Å². The summed E-state index contributed by atoms with van der Waals surface area (Å²) in [5, 5.41) is 8.33. The Kier molecular flexibility index (Phi) is 9.40. The Morgan fingerprint density at radius 1 is 1.08 bits per heavy atom. The number of hydrogen-bond donors (Lipinski definition) is 3. The van der Waals surface area contributed by atoms with Crippen LogP contribution in [0.4, 0.5) is 4.79 Å². The Hall–Kier alpha value is -3.30. The minimum absolute atomic E-state index is 0.0620. The van der Waals surface area contributed by atoms with Crippen LogP contribution in [0.2, 0.25) is 0 Å². The molecule has 1 aliphatic heterocycles. The Labute approximate surface area is 214 Å². The van der Waals surface area contributed by atoms with Gasteiger partial charge in [0.2, 0.25) is 11.7 Å². The fourth-order valence-corrected chi connectivity index (χ4v) is 5.27. The first-order valence-corrected chi connectivity index (χ1v) is 13.4. The van der Waals surface area contributed by atoms with Gasteiger partial charge in [0.25, 0.3) is 0 Å². The first kappa shape index (κ1) is 25.8. The zero-order valence-electron chi connectivity index (χ0n) is 20.3. The number of thiazole rings is 1. The highest BCUT2D eigenvalue weighted by Gasteiger charge is 2.29. The van der Waals surface area contributed by atoms with Crippen molar-refractivity contribution in [3.63, 3.8) is 0 Å². The maximum Gasteiger partial charge on any atom is 0.407 e. The van der Waals surface area contributed by atoms with Gasteiger partial charge in [-0.05, 0) is 49.8 Å². The third-order valence-corrected chi connectivity index (χ3v) is 7.37. The van der Waals surface area contributed by atoms with E-state index >= 15 is 0 Å². The van der Waals surface area contributed by atoms with Crippen LogP contribution in [0.25, 0.3) is 10.2 Å². The van der Waals surface area contributed by atoms with E-state index in [4.69, 9.17) is 4.74 Å². The number of nitrogens with two attached hydrogens (primary N) is 1. The minimum atomic E-state index is -0.634. The molecular weight excluding hydrogens is 476 g/mol. The quantitative estimate of drug-likeness (QED) is 0.272. The molecule has 4 rings (SSSR count). The Bertz CT molecular complexity index is 1130. The zero-order chi connectivity index (χ0) is 25.2. The highest BCUT2D eigenvalue weighted by Crippen LogP contribution is 2.23. The lowest BCUT2D eigenvalue weighted by Crippen LogP contribution is -2.88. The van der Waals surface area contributed by atoms with Gasteiger partial charge in [-0.25, -0.2) is 9.78 Å². The van der Waals surface area contributed by atoms with Gasteiger partial charge in [-0.3, -0.25) is 9.59 Å². The predicted octanol–water partition coefficient (Wildman–Crippen LogP) is 3.03. The maximum atomic E-state index is 13.4. The number of ketones is 1. The molecule has 0 aliphatic carbocycles. The standard InChI is InChI=1S/C27H32N4O4S/c32-24(26-31-21-12-4-5-14-23(21)36-26)22(30-25(33)20-11-8-15-28-17-20)13-6-7-16-29-27(34)35-18-19-9-2-1-3-10-19/h1-5,9-10,12,14,20,22,28H,6-8,11,13,15-18H2,(H,29,34)(H,30,33)/p+1/t20-,22+/m1/s1. The van der Waals surface area contributed by atoms with Crippen LogP contribution in [-0.4, -0.2) is 48.4 Å². The van der Waals surface area contributed by atoms with Crippen molar-refractivity contribution in [2.45, 2.75) is 44.8 Å². The van der Waals surface area contributed by atoms with Crippen molar-refractivity contribution >= 4 is 39.3 Å². The lowest BCUT2D eigenvalue weighted by Gasteiger charge is -2.23. The number of amides is 2. The number of aromatic nitrogens is 1. The summed E-state index contributed by atoms with van der Waals surface area (Å²) in [6, 6.07) is 16.5. The Balaban J connectivity index is 1.29. The summed E-state index contributed by atoms with van der Waals surface area (Å²) in [5.74, 6) is -0.293. The molecule has 0 spiro atoms. The number of nitrogens with zero attached hydrogens (tertiary/aromatic N) is 1. The molecule has 9 heteroatoms. The lowest BCUT2D eigenvalue weighted by atomic mass is 9.97. The summed E-state index contributed by atoms with van der Waals surface area (Å²) in [6.45, 7) is 2.44. The number of nitrogens with one attached hydrogen (secondary N) is 2. The zero-order valence-corrected chi connectivity index (χ0v) is 21.1. The number of quaternary nitrogens is 1. The molecule has 2 aromatic carbocycles. The highest BCUT2D eigenvalue weighted by molar-refractivity contribution is 7.20. The van der Waals surface area contributed by atoms with Crippen molar-refractivity contribution in [2.75, 3.05) is 19.6 Å². The second kappa shape index (κ2) is 13.1. The maximum absolute atomic E-state index is 13.4. The summed E-state index contributed by atoms with van der Waals surface area (Å²) in [5.41, 5.74) is 1.71. The van der Waals surface area contributed by atoms with Crippen molar-refractivity contribution < 1.29 is 24.4 Å². The van der Waals surface area contributed by atoms with Crippen molar-refractivity contribution in [3.05, 3.63) is 65.2 Å². The van der Waals surface area contributed by atoms with Crippen molar-refractivity contribution in [2.24, 2.45) is 5.92 Å². The molecule has 4 N–H and O–H groups in total. The summed E-state index contributed by atoms with van der Waals surface area (Å²) in [6.07, 6.45) is 3.19. The van der Waals surface area contributed by atoms with Gasteiger partial charge in [-0.2, -0.15) is 0 Å². The number of para-hydroxylation sites is 1. The van der Waals surface area contributed by atoms with E-state index in [9.17, 15) is 14.4 Å². The number of fused-ring (bicyclic) bond motifs is 1. The van der Waals surface area contributed by atoms with Gasteiger partial charge >= 0.3 is 6.09 Å². The van der Waals surface area contributed by atoms with E-state index in [1.807, 2.05) is 54.6 Å². The molecule has 1 aliphatic rings. The monoisotopic (exact) mass is 509 g/mol. The number of alkyl carbamates (subject to hydrolysis) is 1. The number of rotatable bonds is 11. The Morgan fingerprint density at radius 2 is 1.89 bits per heavy atom. The van der Waals surface area contributed by atoms with E-state index in [1.54, 1.807) is 0 Å². The highest BCUT2D eigenvalue weighted by atomic mass is 32.1. The molecule has 36 heavy (non-hydrogen) atoms. The second-order valence-electron chi connectivity index (χ2n) is 9.05. The van der Waals surface area contributed by atoms with Crippen LogP contribution in [-0.2, 0) is 16.1 Å². The van der Waals surface area contributed by atoms with Crippen molar-refractivity contribution in [1.82, 2.24) is 15.6 Å². The van der Waals surface area contributed by atoms with Gasteiger partial charge in [-0.15, -0.1) is 11.3 Å². The molecule has 8 nitrogen and oxygen atoms in total. The topological polar surface area (TPSA) is 114 Å². The Morgan fingerprint density at radius 3 is 2.67 bits per heavy atom. The number of ether oxygens (including phenoxy) is 1. The summed E-state index contributed by atoms with van der Waals surface area (Å²) >= 11 is 1.36.